The van der Waals surface area contributed by atoms with Crippen LogP contribution in [-0.2, 0) is 11.3 Å². The zero-order valence-corrected chi connectivity index (χ0v) is 10.6. The van der Waals surface area contributed by atoms with Crippen LogP contribution in [0.25, 0.3) is 11.3 Å². The van der Waals surface area contributed by atoms with Gasteiger partial charge in [0.1, 0.15) is 18.0 Å². The predicted octanol–water partition coefficient (Wildman–Crippen LogP) is 3.03. The largest absolute Gasteiger partial charge is 0.454 e. The van der Waals surface area contributed by atoms with E-state index in [1.165, 1.54) is 0 Å². The third-order valence-corrected chi connectivity index (χ3v) is 2.79. The van der Waals surface area contributed by atoms with Crippen molar-refractivity contribution >= 4 is 5.97 Å². The molecule has 5 nitrogen and oxygen atoms in total. The molecule has 0 amide bonds. The Morgan fingerprint density at radius 2 is 2.05 bits per heavy atom. The molecule has 3 rings (SSSR count). The molecule has 0 fully saturated rings. The summed E-state index contributed by atoms with van der Waals surface area (Å²) in [7, 11) is 0. The number of carbonyl (C=O) groups excluding carboxylic acids is 1. The van der Waals surface area contributed by atoms with Crippen molar-refractivity contribution in [3.63, 3.8) is 0 Å². The summed E-state index contributed by atoms with van der Waals surface area (Å²) >= 11 is 0. The van der Waals surface area contributed by atoms with E-state index in [9.17, 15) is 4.79 Å². The first-order valence-corrected chi connectivity index (χ1v) is 6.14. The lowest BCUT2D eigenvalue weighted by atomic mass is 10.2. The second kappa shape index (κ2) is 5.44. The topological polar surface area (TPSA) is 68.1 Å². The number of aromatic amines is 1. The molecule has 2 aromatic heterocycles. The number of H-pyrrole nitrogens is 1. The molecular weight excluding hydrogens is 256 g/mol. The molecule has 0 saturated carbocycles. The number of rotatable bonds is 4. The maximum absolute atomic E-state index is 11.6. The van der Waals surface area contributed by atoms with Crippen LogP contribution in [0.15, 0.2) is 59.3 Å². The summed E-state index contributed by atoms with van der Waals surface area (Å²) in [6.07, 6.45) is 1.67. The summed E-state index contributed by atoms with van der Waals surface area (Å²) in [6.45, 7) is 0.0776. The zero-order chi connectivity index (χ0) is 13.8. The van der Waals surface area contributed by atoms with Gasteiger partial charge in [0.25, 0.3) is 0 Å². The number of nitrogens with zero attached hydrogens (tertiary/aromatic N) is 1. The highest BCUT2D eigenvalue weighted by Gasteiger charge is 2.11. The smallest absolute Gasteiger partial charge is 0.355 e. The summed E-state index contributed by atoms with van der Waals surface area (Å²) in [5.74, 6) is 0.232. The van der Waals surface area contributed by atoms with E-state index >= 15 is 0 Å². The first kappa shape index (κ1) is 12.2. The van der Waals surface area contributed by atoms with Gasteiger partial charge in [-0.25, -0.2) is 4.79 Å². The van der Waals surface area contributed by atoms with E-state index in [2.05, 4.69) is 10.1 Å². The first-order chi connectivity index (χ1) is 9.83. The summed E-state index contributed by atoms with van der Waals surface area (Å²) in [5.41, 5.74) is 1.92. The Kier molecular flexibility index (Phi) is 3.33. The minimum absolute atomic E-state index is 0.0776. The van der Waals surface area contributed by atoms with E-state index in [1.54, 1.807) is 24.4 Å². The van der Waals surface area contributed by atoms with Gasteiger partial charge < -0.3 is 14.2 Å². The van der Waals surface area contributed by atoms with E-state index in [1.807, 2.05) is 30.3 Å². The van der Waals surface area contributed by atoms with Crippen LogP contribution >= 0.6 is 0 Å². The average molecular weight is 268 g/mol. The lowest BCUT2D eigenvalue weighted by molar-refractivity contribution is 0.0458. The molecule has 0 aliphatic carbocycles. The lowest BCUT2D eigenvalue weighted by Gasteiger charge is -1.99. The average Bonchev–Trinajstić information content (AvgIpc) is 3.17. The summed E-state index contributed by atoms with van der Waals surface area (Å²) < 4.78 is 10.4. The second-order valence-electron chi connectivity index (χ2n) is 4.21. The number of hydrogen-bond donors (Lipinski definition) is 1. The molecule has 0 spiro atoms. The van der Waals surface area contributed by atoms with E-state index < -0.39 is 5.97 Å². The van der Waals surface area contributed by atoms with Crippen LogP contribution in [0.2, 0.25) is 0 Å². The third kappa shape index (κ3) is 2.61. The van der Waals surface area contributed by atoms with E-state index in [-0.39, 0.29) is 6.61 Å². The fraction of sp³-hybridized carbons (Fsp3) is 0.0667. The molecule has 0 saturated heterocycles. The van der Waals surface area contributed by atoms with E-state index in [0.29, 0.717) is 17.1 Å². The molecule has 3 aromatic rings. The maximum Gasteiger partial charge on any atom is 0.355 e. The van der Waals surface area contributed by atoms with Gasteiger partial charge in [0.2, 0.25) is 0 Å². The van der Waals surface area contributed by atoms with E-state index in [0.717, 1.165) is 5.56 Å². The van der Waals surface area contributed by atoms with Crippen molar-refractivity contribution in [2.24, 2.45) is 0 Å². The number of nitrogens with one attached hydrogen (secondary N) is 1. The Bertz CT molecular complexity index is 687. The van der Waals surface area contributed by atoms with Crippen LogP contribution in [0, 0.1) is 0 Å². The van der Waals surface area contributed by atoms with Crippen molar-refractivity contribution in [3.05, 3.63) is 66.1 Å². The van der Waals surface area contributed by atoms with Crippen LogP contribution in [0.1, 0.15) is 16.2 Å². The molecule has 0 bridgehead atoms. The summed E-state index contributed by atoms with van der Waals surface area (Å²) in [5, 5.41) is 3.88. The summed E-state index contributed by atoms with van der Waals surface area (Å²) in [4.78, 5) is 14.4. The molecule has 0 unspecified atom stereocenters. The normalized spacial score (nSPS) is 10.4. The number of carbonyl (C=O) groups is 1. The quantitative estimate of drug-likeness (QED) is 0.738. The van der Waals surface area contributed by atoms with Crippen LogP contribution in [0.5, 0.6) is 0 Å². The molecule has 0 atom stereocenters. The Morgan fingerprint density at radius 1 is 1.20 bits per heavy atom. The van der Waals surface area contributed by atoms with Gasteiger partial charge in [0.05, 0.1) is 0 Å². The van der Waals surface area contributed by atoms with Crippen LogP contribution in [0.3, 0.4) is 0 Å². The van der Waals surface area contributed by atoms with Gasteiger partial charge in [-0.3, -0.25) is 0 Å². The third-order valence-electron chi connectivity index (χ3n) is 2.79. The number of esters is 1. The number of ether oxygens (including phenoxy) is 1. The molecule has 1 N–H and O–H groups in total. The van der Waals surface area contributed by atoms with Crippen molar-refractivity contribution in [3.8, 4) is 11.3 Å². The highest BCUT2D eigenvalue weighted by molar-refractivity contribution is 5.87. The minimum atomic E-state index is -0.417. The number of hydrogen-bond acceptors (Lipinski definition) is 4. The van der Waals surface area contributed by atoms with Crippen molar-refractivity contribution in [2.45, 2.75) is 6.61 Å². The Morgan fingerprint density at radius 3 is 2.80 bits per heavy atom. The SMILES string of the molecule is O=C(OCc1cc(-c2ccccc2)on1)c1ccc[nH]1. The fourth-order valence-electron chi connectivity index (χ4n) is 1.79. The molecule has 0 radical (unpaired) electrons. The predicted molar refractivity (Wildman–Crippen MR) is 71.9 cm³/mol. The molecule has 20 heavy (non-hydrogen) atoms. The summed E-state index contributed by atoms with van der Waals surface area (Å²) in [6, 6.07) is 14.8. The molecule has 0 aliphatic rings. The molecule has 2 heterocycles. The highest BCUT2D eigenvalue weighted by Crippen LogP contribution is 2.20. The van der Waals surface area contributed by atoms with Crippen LogP contribution < -0.4 is 0 Å². The van der Waals surface area contributed by atoms with E-state index in [4.69, 9.17) is 9.26 Å². The highest BCUT2D eigenvalue weighted by atomic mass is 16.5. The fourth-order valence-corrected chi connectivity index (χ4v) is 1.79. The van der Waals surface area contributed by atoms with Gasteiger partial charge >= 0.3 is 5.97 Å². The molecule has 100 valence electrons. The van der Waals surface area contributed by atoms with Crippen molar-refractivity contribution < 1.29 is 14.1 Å². The second-order valence-corrected chi connectivity index (χ2v) is 4.21. The minimum Gasteiger partial charge on any atom is -0.454 e. The van der Waals surface area contributed by atoms with Crippen LogP contribution in [0.4, 0.5) is 0 Å². The van der Waals surface area contributed by atoms with Crippen LogP contribution in [-0.4, -0.2) is 16.1 Å². The van der Waals surface area contributed by atoms with Crippen molar-refractivity contribution in [1.82, 2.24) is 10.1 Å². The number of benzene rings is 1. The standard InChI is InChI=1S/C15H12N2O3/c18-15(13-7-4-8-16-13)19-10-12-9-14(20-17-12)11-5-2-1-3-6-11/h1-9,16H,10H2. The number of aromatic nitrogens is 2. The van der Waals surface area contributed by atoms with Crippen molar-refractivity contribution in [2.75, 3.05) is 0 Å². The molecule has 1 aromatic carbocycles. The van der Waals surface area contributed by atoms with Gasteiger partial charge in [0, 0.05) is 17.8 Å². The van der Waals surface area contributed by atoms with Gasteiger partial charge in [-0.2, -0.15) is 0 Å². The molecular formula is C15H12N2O3. The van der Waals surface area contributed by atoms with Crippen molar-refractivity contribution in [1.29, 1.82) is 0 Å². The Labute approximate surface area is 115 Å². The lowest BCUT2D eigenvalue weighted by Crippen LogP contribution is -2.05. The van der Waals surface area contributed by atoms with Gasteiger partial charge in [-0.15, -0.1) is 0 Å². The zero-order valence-electron chi connectivity index (χ0n) is 10.6. The Hall–Kier alpha value is -2.82. The van der Waals surface area contributed by atoms with Gasteiger partial charge in [0.15, 0.2) is 5.76 Å². The van der Waals surface area contributed by atoms with Gasteiger partial charge in [-0.1, -0.05) is 35.5 Å². The van der Waals surface area contributed by atoms with Gasteiger partial charge in [-0.05, 0) is 12.1 Å². The molecule has 0 aliphatic heterocycles. The first-order valence-electron chi connectivity index (χ1n) is 6.14. The molecule has 5 heteroatoms. The Balaban J connectivity index is 1.65. The maximum atomic E-state index is 11.6. The monoisotopic (exact) mass is 268 g/mol.